The smallest absolute Gasteiger partial charge is 0.225 e. The zero-order chi connectivity index (χ0) is 20.3. The van der Waals surface area contributed by atoms with E-state index in [1.165, 1.54) is 0 Å². The third-order valence-electron chi connectivity index (χ3n) is 5.99. The van der Waals surface area contributed by atoms with Gasteiger partial charge in [-0.05, 0) is 37.1 Å². The van der Waals surface area contributed by atoms with E-state index in [1.54, 1.807) is 12.4 Å². The van der Waals surface area contributed by atoms with Crippen molar-refractivity contribution < 1.29 is 9.53 Å². The summed E-state index contributed by atoms with van der Waals surface area (Å²) in [5.41, 5.74) is 1.88. The molecule has 2 aliphatic rings. The van der Waals surface area contributed by atoms with Gasteiger partial charge < -0.3 is 14.5 Å². The molecule has 0 bridgehead atoms. The number of ether oxygens (including phenoxy) is 1. The molecule has 0 unspecified atom stereocenters. The van der Waals surface area contributed by atoms with E-state index in [9.17, 15) is 4.79 Å². The summed E-state index contributed by atoms with van der Waals surface area (Å²) in [7, 11) is 0. The van der Waals surface area contributed by atoms with Crippen LogP contribution in [0.3, 0.4) is 0 Å². The highest BCUT2D eigenvalue weighted by atomic mass is 16.5. The summed E-state index contributed by atoms with van der Waals surface area (Å²) in [6.07, 6.45) is 5.21. The molecule has 7 nitrogen and oxygen atoms in total. The van der Waals surface area contributed by atoms with E-state index < -0.39 is 0 Å². The first-order chi connectivity index (χ1) is 14.8. The fourth-order valence-corrected chi connectivity index (χ4v) is 4.31. The predicted octanol–water partition coefficient (Wildman–Crippen LogP) is 2.77. The van der Waals surface area contributed by atoms with Crippen LogP contribution in [-0.4, -0.2) is 65.2 Å². The molecule has 0 spiro atoms. The molecule has 2 fully saturated rings. The van der Waals surface area contributed by atoms with Gasteiger partial charge in [0.1, 0.15) is 5.82 Å². The Morgan fingerprint density at radius 3 is 2.43 bits per heavy atom. The molecule has 1 amide bonds. The average Bonchev–Trinajstić information content (AvgIpc) is 2.84. The molecule has 154 valence electrons. The number of nitrogens with zero attached hydrogens (tertiary/aromatic N) is 5. The number of hydrogen-bond acceptors (Lipinski definition) is 6. The third-order valence-corrected chi connectivity index (χ3v) is 5.99. The molecule has 30 heavy (non-hydrogen) atoms. The fourth-order valence-electron chi connectivity index (χ4n) is 4.31. The predicted molar refractivity (Wildman–Crippen MR) is 115 cm³/mol. The van der Waals surface area contributed by atoms with Gasteiger partial charge in [-0.2, -0.15) is 0 Å². The minimum Gasteiger partial charge on any atom is -0.378 e. The van der Waals surface area contributed by atoms with Gasteiger partial charge in [0, 0.05) is 55.4 Å². The second-order valence-electron chi connectivity index (χ2n) is 7.82. The van der Waals surface area contributed by atoms with Crippen LogP contribution in [0.25, 0.3) is 22.3 Å². The van der Waals surface area contributed by atoms with Crippen molar-refractivity contribution in [2.45, 2.75) is 12.8 Å². The highest BCUT2D eigenvalue weighted by Crippen LogP contribution is 2.31. The maximum Gasteiger partial charge on any atom is 0.225 e. The first-order valence-electron chi connectivity index (χ1n) is 10.6. The van der Waals surface area contributed by atoms with Crippen LogP contribution in [-0.2, 0) is 9.53 Å². The summed E-state index contributed by atoms with van der Waals surface area (Å²) in [5.74, 6) is 2.03. The van der Waals surface area contributed by atoms with Crippen molar-refractivity contribution >= 4 is 22.6 Å². The van der Waals surface area contributed by atoms with Crippen LogP contribution in [0, 0.1) is 5.92 Å². The van der Waals surface area contributed by atoms with E-state index in [4.69, 9.17) is 14.7 Å². The molecule has 5 rings (SSSR count). The van der Waals surface area contributed by atoms with Gasteiger partial charge in [0.05, 0.1) is 18.7 Å². The number of fused-ring (bicyclic) bond motifs is 1. The number of morpholine rings is 1. The number of carbonyl (C=O) groups excluding carboxylic acids is 1. The lowest BCUT2D eigenvalue weighted by molar-refractivity contribution is -0.140. The number of benzene rings is 1. The lowest BCUT2D eigenvalue weighted by Gasteiger charge is -2.36. The summed E-state index contributed by atoms with van der Waals surface area (Å²) in [6.45, 7) is 4.36. The molecule has 2 saturated heterocycles. The van der Waals surface area contributed by atoms with E-state index >= 15 is 0 Å². The SMILES string of the molecule is O=C(C1CCN(c2nc(-c3ccncc3)nc3ccccc23)CC1)N1CCOCC1. The quantitative estimate of drug-likeness (QED) is 0.670. The van der Waals surface area contributed by atoms with Crippen molar-refractivity contribution in [3.05, 3.63) is 48.8 Å². The molecule has 0 radical (unpaired) electrons. The zero-order valence-corrected chi connectivity index (χ0v) is 16.9. The van der Waals surface area contributed by atoms with Crippen molar-refractivity contribution in [3.8, 4) is 11.4 Å². The van der Waals surface area contributed by atoms with Crippen LogP contribution in [0.1, 0.15) is 12.8 Å². The van der Waals surface area contributed by atoms with Crippen LogP contribution < -0.4 is 4.90 Å². The molecule has 7 heteroatoms. The Morgan fingerprint density at radius 2 is 1.67 bits per heavy atom. The number of pyridine rings is 1. The Balaban J connectivity index is 1.39. The van der Waals surface area contributed by atoms with Crippen LogP contribution >= 0.6 is 0 Å². The molecule has 0 atom stereocenters. The normalized spacial score (nSPS) is 18.0. The van der Waals surface area contributed by atoms with Crippen molar-refractivity contribution in [2.24, 2.45) is 5.92 Å². The monoisotopic (exact) mass is 403 g/mol. The lowest BCUT2D eigenvalue weighted by Crippen LogP contribution is -2.47. The van der Waals surface area contributed by atoms with Gasteiger partial charge in [-0.25, -0.2) is 9.97 Å². The minimum absolute atomic E-state index is 0.0899. The molecule has 2 aliphatic heterocycles. The molecule has 0 aliphatic carbocycles. The number of hydrogen-bond donors (Lipinski definition) is 0. The molecule has 4 heterocycles. The van der Waals surface area contributed by atoms with E-state index in [0.717, 1.165) is 48.2 Å². The Hall–Kier alpha value is -3.06. The minimum atomic E-state index is 0.0899. The molecule has 3 aromatic rings. The van der Waals surface area contributed by atoms with E-state index in [0.29, 0.717) is 32.1 Å². The first-order valence-corrected chi connectivity index (χ1v) is 10.6. The topological polar surface area (TPSA) is 71.5 Å². The van der Waals surface area contributed by atoms with Crippen molar-refractivity contribution in [3.63, 3.8) is 0 Å². The number of para-hydroxylation sites is 1. The zero-order valence-electron chi connectivity index (χ0n) is 16.9. The second-order valence-corrected chi connectivity index (χ2v) is 7.82. The number of aromatic nitrogens is 3. The van der Waals surface area contributed by atoms with Gasteiger partial charge in [-0.15, -0.1) is 0 Å². The summed E-state index contributed by atoms with van der Waals surface area (Å²) in [4.78, 5) is 30.9. The van der Waals surface area contributed by atoms with Crippen LogP contribution in [0.4, 0.5) is 5.82 Å². The van der Waals surface area contributed by atoms with E-state index in [2.05, 4.69) is 16.0 Å². The molecule has 0 saturated carbocycles. The van der Waals surface area contributed by atoms with Gasteiger partial charge in [0.2, 0.25) is 5.91 Å². The summed E-state index contributed by atoms with van der Waals surface area (Å²) >= 11 is 0. The molecule has 2 aromatic heterocycles. The van der Waals surface area contributed by atoms with Crippen LogP contribution in [0.15, 0.2) is 48.8 Å². The highest BCUT2D eigenvalue weighted by molar-refractivity contribution is 5.91. The summed E-state index contributed by atoms with van der Waals surface area (Å²) in [6, 6.07) is 12.0. The number of carbonyl (C=O) groups is 1. The van der Waals surface area contributed by atoms with Gasteiger partial charge >= 0.3 is 0 Å². The molecular formula is C23H25N5O2. The maximum absolute atomic E-state index is 12.9. The molecule has 1 aromatic carbocycles. The molecular weight excluding hydrogens is 378 g/mol. The van der Waals surface area contributed by atoms with E-state index in [1.807, 2.05) is 35.2 Å². The average molecular weight is 403 g/mol. The first kappa shape index (κ1) is 18.9. The third kappa shape index (κ3) is 3.73. The van der Waals surface area contributed by atoms with Gasteiger partial charge in [-0.1, -0.05) is 12.1 Å². The Bertz CT molecular complexity index is 1030. The maximum atomic E-state index is 12.9. The Kier molecular flexibility index (Phi) is 5.27. The van der Waals surface area contributed by atoms with Gasteiger partial charge in [0.15, 0.2) is 5.82 Å². The Labute approximate surface area is 175 Å². The van der Waals surface area contributed by atoms with Crippen molar-refractivity contribution in [1.82, 2.24) is 19.9 Å². The summed E-state index contributed by atoms with van der Waals surface area (Å²) in [5, 5.41) is 1.05. The lowest BCUT2D eigenvalue weighted by atomic mass is 9.95. The van der Waals surface area contributed by atoms with E-state index in [-0.39, 0.29) is 11.8 Å². The largest absolute Gasteiger partial charge is 0.378 e. The molecule has 0 N–H and O–H groups in total. The number of rotatable bonds is 3. The second kappa shape index (κ2) is 8.36. The number of anilines is 1. The standard InChI is InChI=1S/C23H25N5O2/c29-23(28-13-15-30-16-14-28)18-7-11-27(12-8-18)22-19-3-1-2-4-20(19)25-21(26-22)17-5-9-24-10-6-17/h1-6,9-10,18H,7-8,11-16H2. The highest BCUT2D eigenvalue weighted by Gasteiger charge is 2.30. The number of amides is 1. The van der Waals surface area contributed by atoms with Crippen molar-refractivity contribution in [2.75, 3.05) is 44.3 Å². The fraction of sp³-hybridized carbons (Fsp3) is 0.391. The van der Waals surface area contributed by atoms with Crippen LogP contribution in [0.5, 0.6) is 0 Å². The van der Waals surface area contributed by atoms with Crippen LogP contribution in [0.2, 0.25) is 0 Å². The summed E-state index contributed by atoms with van der Waals surface area (Å²) < 4.78 is 5.38. The number of piperidine rings is 1. The van der Waals surface area contributed by atoms with Gasteiger partial charge in [0.25, 0.3) is 0 Å². The van der Waals surface area contributed by atoms with Crippen molar-refractivity contribution in [1.29, 1.82) is 0 Å². The Morgan fingerprint density at radius 1 is 0.933 bits per heavy atom. The van der Waals surface area contributed by atoms with Gasteiger partial charge in [-0.3, -0.25) is 9.78 Å².